The van der Waals surface area contributed by atoms with E-state index in [2.05, 4.69) is 10.3 Å². The maximum Gasteiger partial charge on any atom is 0.347 e. The summed E-state index contributed by atoms with van der Waals surface area (Å²) in [4.78, 5) is 13.6. The van der Waals surface area contributed by atoms with Gasteiger partial charge in [-0.25, -0.2) is 4.99 Å². The van der Waals surface area contributed by atoms with Crippen molar-refractivity contribution in [2.75, 3.05) is 19.5 Å². The Kier molecular flexibility index (Phi) is 5.91. The van der Waals surface area contributed by atoms with Gasteiger partial charge in [0.05, 0.1) is 31.0 Å². The average Bonchev–Trinajstić information content (AvgIpc) is 2.45. The lowest BCUT2D eigenvalue weighted by Crippen LogP contribution is -2.81. The van der Waals surface area contributed by atoms with E-state index in [-0.39, 0.29) is 11.2 Å². The van der Waals surface area contributed by atoms with Gasteiger partial charge < -0.3 is 14.8 Å². The Morgan fingerprint density at radius 3 is 2.50 bits per heavy atom. The van der Waals surface area contributed by atoms with Crippen LogP contribution in [0.2, 0.25) is 0 Å². The summed E-state index contributed by atoms with van der Waals surface area (Å²) in [6, 6.07) is 5.16. The summed E-state index contributed by atoms with van der Waals surface area (Å²) in [5, 5.41) is 13.9. The first-order valence-electron chi connectivity index (χ1n) is 6.71. The molecule has 0 saturated heterocycles. The molecular formula is C15H22N3O4+. The van der Waals surface area contributed by atoms with Gasteiger partial charge in [-0.05, 0) is 32.9 Å². The van der Waals surface area contributed by atoms with Crippen molar-refractivity contribution in [2.45, 2.75) is 26.3 Å². The van der Waals surface area contributed by atoms with Crippen molar-refractivity contribution >= 4 is 11.9 Å². The van der Waals surface area contributed by atoms with Crippen LogP contribution in [0.4, 0.5) is 5.69 Å². The zero-order valence-electron chi connectivity index (χ0n) is 13.5. The molecule has 1 rings (SSSR count). The van der Waals surface area contributed by atoms with E-state index in [9.17, 15) is 10.1 Å². The zero-order chi connectivity index (χ0) is 16.8. The lowest BCUT2D eigenvalue weighted by atomic mass is 10.1. The molecule has 1 aromatic rings. The van der Waals surface area contributed by atoms with Gasteiger partial charge in [-0.2, -0.15) is 0 Å². The van der Waals surface area contributed by atoms with Gasteiger partial charge in [0, 0.05) is 6.07 Å². The Labute approximate surface area is 129 Å². The summed E-state index contributed by atoms with van der Waals surface area (Å²) in [5.41, 5.74) is 0.256. The van der Waals surface area contributed by atoms with Crippen LogP contribution in [-0.2, 0) is 0 Å². The number of nitrogens with zero attached hydrogens (tertiary/aromatic N) is 1. The first-order chi connectivity index (χ1) is 10.3. The lowest BCUT2D eigenvalue weighted by Gasteiger charge is -2.09. The molecule has 0 unspecified atom stereocenters. The van der Waals surface area contributed by atoms with Crippen molar-refractivity contribution in [1.82, 2.24) is 0 Å². The Balaban J connectivity index is 3.01. The Morgan fingerprint density at radius 1 is 1.32 bits per heavy atom. The van der Waals surface area contributed by atoms with Crippen molar-refractivity contribution in [3.63, 3.8) is 0 Å². The van der Waals surface area contributed by atoms with Crippen LogP contribution < -0.4 is 19.8 Å². The SMILES string of the molecule is COc1ccc(NC=C(C=[NH+]C(C)(C)C)[N+](=O)[O-])c(OC)c1. The largest absolute Gasteiger partial charge is 0.497 e. The van der Waals surface area contributed by atoms with Crippen LogP contribution in [0.1, 0.15) is 20.8 Å². The van der Waals surface area contributed by atoms with Gasteiger partial charge >= 0.3 is 5.70 Å². The number of hydrogen-bond acceptors (Lipinski definition) is 5. The highest BCUT2D eigenvalue weighted by Gasteiger charge is 2.17. The van der Waals surface area contributed by atoms with Gasteiger partial charge in [0.25, 0.3) is 0 Å². The number of anilines is 1. The second kappa shape index (κ2) is 7.44. The lowest BCUT2D eigenvalue weighted by molar-refractivity contribution is -0.539. The molecule has 0 aromatic heterocycles. The molecule has 0 atom stereocenters. The van der Waals surface area contributed by atoms with E-state index in [4.69, 9.17) is 9.47 Å². The van der Waals surface area contributed by atoms with Crippen molar-refractivity contribution in [1.29, 1.82) is 0 Å². The average molecular weight is 308 g/mol. The van der Waals surface area contributed by atoms with Crippen LogP contribution in [0.25, 0.3) is 0 Å². The highest BCUT2D eigenvalue weighted by Crippen LogP contribution is 2.29. The summed E-state index contributed by atoms with van der Waals surface area (Å²) < 4.78 is 10.3. The third kappa shape index (κ3) is 5.43. The first kappa shape index (κ1) is 17.5. The second-order valence-electron chi connectivity index (χ2n) is 5.58. The molecule has 1 aromatic carbocycles. The molecule has 0 saturated carbocycles. The Bertz CT molecular complexity index is 589. The molecule has 120 valence electrons. The van der Waals surface area contributed by atoms with E-state index in [0.29, 0.717) is 17.2 Å². The van der Waals surface area contributed by atoms with E-state index >= 15 is 0 Å². The normalized spacial score (nSPS) is 12.3. The molecule has 0 aliphatic carbocycles. The number of ether oxygens (including phenoxy) is 2. The van der Waals surface area contributed by atoms with E-state index in [0.717, 1.165) is 0 Å². The number of methoxy groups -OCH3 is 2. The topological polar surface area (TPSA) is 87.6 Å². The maximum atomic E-state index is 11.1. The second-order valence-corrected chi connectivity index (χ2v) is 5.58. The van der Waals surface area contributed by atoms with Crippen LogP contribution in [0.3, 0.4) is 0 Å². The molecule has 0 bridgehead atoms. The van der Waals surface area contributed by atoms with Gasteiger partial charge in [-0.15, -0.1) is 0 Å². The maximum absolute atomic E-state index is 11.1. The van der Waals surface area contributed by atoms with Crippen LogP contribution in [0, 0.1) is 10.1 Å². The number of nitrogens with one attached hydrogen (secondary N) is 2. The molecule has 0 spiro atoms. The highest BCUT2D eigenvalue weighted by molar-refractivity contribution is 5.72. The number of allylic oxidation sites excluding steroid dienone is 1. The summed E-state index contributed by atoms with van der Waals surface area (Å²) in [6.45, 7) is 5.75. The summed E-state index contributed by atoms with van der Waals surface area (Å²) in [7, 11) is 3.07. The van der Waals surface area contributed by atoms with E-state index in [1.54, 1.807) is 25.3 Å². The summed E-state index contributed by atoms with van der Waals surface area (Å²) >= 11 is 0. The molecule has 0 aliphatic heterocycles. The zero-order valence-corrected chi connectivity index (χ0v) is 13.5. The molecular weight excluding hydrogens is 286 g/mol. The third-order valence-electron chi connectivity index (χ3n) is 2.65. The quantitative estimate of drug-likeness (QED) is 0.468. The minimum absolute atomic E-state index is 0.0900. The van der Waals surface area contributed by atoms with Crippen molar-refractivity contribution in [3.05, 3.63) is 40.2 Å². The summed E-state index contributed by atoms with van der Waals surface area (Å²) in [6.07, 6.45) is 2.67. The third-order valence-corrected chi connectivity index (χ3v) is 2.65. The molecule has 7 heteroatoms. The van der Waals surface area contributed by atoms with Gasteiger partial charge in [0.1, 0.15) is 11.5 Å². The van der Waals surface area contributed by atoms with Crippen molar-refractivity contribution in [3.8, 4) is 11.5 Å². The predicted octanol–water partition coefficient (Wildman–Crippen LogP) is 1.18. The fourth-order valence-electron chi connectivity index (χ4n) is 1.51. The van der Waals surface area contributed by atoms with Crippen LogP contribution in [0.5, 0.6) is 11.5 Å². The monoisotopic (exact) mass is 308 g/mol. The number of nitro groups is 1. The minimum atomic E-state index is -0.470. The number of rotatable bonds is 6. The molecule has 0 amide bonds. The molecule has 0 heterocycles. The van der Waals surface area contributed by atoms with E-state index < -0.39 is 4.92 Å². The summed E-state index contributed by atoms with van der Waals surface area (Å²) in [5.74, 6) is 1.17. The van der Waals surface area contributed by atoms with Gasteiger partial charge in [0.15, 0.2) is 5.54 Å². The Hall–Kier alpha value is -2.57. The smallest absolute Gasteiger partial charge is 0.347 e. The molecule has 7 nitrogen and oxygen atoms in total. The fourth-order valence-corrected chi connectivity index (χ4v) is 1.51. The Morgan fingerprint density at radius 2 is 2.00 bits per heavy atom. The molecule has 0 radical (unpaired) electrons. The minimum Gasteiger partial charge on any atom is -0.497 e. The van der Waals surface area contributed by atoms with Gasteiger partial charge in [-0.3, -0.25) is 10.1 Å². The van der Waals surface area contributed by atoms with Crippen molar-refractivity contribution in [2.24, 2.45) is 0 Å². The van der Waals surface area contributed by atoms with Crippen molar-refractivity contribution < 1.29 is 19.4 Å². The highest BCUT2D eigenvalue weighted by atomic mass is 16.6. The van der Waals surface area contributed by atoms with Gasteiger partial charge in [-0.1, -0.05) is 0 Å². The fraction of sp³-hybridized carbons (Fsp3) is 0.400. The molecule has 0 aliphatic rings. The molecule has 22 heavy (non-hydrogen) atoms. The number of hydrogen-bond donors (Lipinski definition) is 2. The standard InChI is InChI=1S/C15H21N3O4/c1-15(2,3)17-10-11(18(19)20)9-16-13-7-6-12(21-4)8-14(13)22-5/h6-10,16H,1-5H3/p+1. The molecule has 2 N–H and O–H groups in total. The predicted molar refractivity (Wildman–Crippen MR) is 85.0 cm³/mol. The van der Waals surface area contributed by atoms with Crippen LogP contribution in [-0.4, -0.2) is 30.9 Å². The van der Waals surface area contributed by atoms with Gasteiger partial charge in [0.2, 0.25) is 6.21 Å². The number of benzene rings is 1. The van der Waals surface area contributed by atoms with E-state index in [1.165, 1.54) is 19.5 Å². The van der Waals surface area contributed by atoms with Crippen LogP contribution >= 0.6 is 0 Å². The van der Waals surface area contributed by atoms with E-state index in [1.807, 2.05) is 20.8 Å². The van der Waals surface area contributed by atoms with Crippen LogP contribution in [0.15, 0.2) is 30.1 Å². The molecule has 0 fully saturated rings. The first-order valence-corrected chi connectivity index (χ1v) is 6.71.